The minimum Gasteiger partial charge on any atom is -0.326 e. The molecule has 0 saturated carbocycles. The molecule has 3 aromatic carbocycles. The number of carbonyl (C=O) groups is 1. The van der Waals surface area contributed by atoms with Crippen molar-refractivity contribution in [1.82, 2.24) is 14.5 Å². The van der Waals surface area contributed by atoms with Gasteiger partial charge in [-0.15, -0.1) is 0 Å². The number of anilines is 1. The van der Waals surface area contributed by atoms with E-state index in [9.17, 15) is 9.18 Å². The van der Waals surface area contributed by atoms with E-state index in [2.05, 4.69) is 39.0 Å². The lowest BCUT2D eigenvalue weighted by Gasteiger charge is -2.32. The van der Waals surface area contributed by atoms with Crippen LogP contribution in [0.4, 0.5) is 10.1 Å². The number of nitrogens with one attached hydrogen (secondary N) is 1. The number of halogens is 1. The fourth-order valence-corrected chi connectivity index (χ4v) is 5.15. The van der Waals surface area contributed by atoms with Gasteiger partial charge >= 0.3 is 0 Å². The smallest absolute Gasteiger partial charge is 0.221 e. The van der Waals surface area contributed by atoms with Gasteiger partial charge in [0.15, 0.2) is 0 Å². The maximum atomic E-state index is 14.0. The van der Waals surface area contributed by atoms with E-state index < -0.39 is 0 Å². The molecule has 0 unspecified atom stereocenters. The molecule has 2 heterocycles. The summed E-state index contributed by atoms with van der Waals surface area (Å²) in [4.78, 5) is 18.7. The normalized spacial score (nSPS) is 14.9. The third-order valence-corrected chi connectivity index (χ3v) is 6.86. The largest absolute Gasteiger partial charge is 0.326 e. The molecule has 0 spiro atoms. The van der Waals surface area contributed by atoms with Crippen molar-refractivity contribution in [2.45, 2.75) is 38.6 Å². The minimum absolute atomic E-state index is 0.0409. The number of rotatable bonds is 7. The Bertz CT molecular complexity index is 1310. The molecular formula is C29H31FN4O. The average molecular weight is 471 g/mol. The zero-order chi connectivity index (χ0) is 24.2. The molecule has 35 heavy (non-hydrogen) atoms. The van der Waals surface area contributed by atoms with Gasteiger partial charge in [0, 0.05) is 24.7 Å². The van der Waals surface area contributed by atoms with Crippen LogP contribution in [-0.2, 0) is 11.3 Å². The monoisotopic (exact) mass is 470 g/mol. The molecular weight excluding hydrogens is 439 g/mol. The van der Waals surface area contributed by atoms with Crippen LogP contribution < -0.4 is 5.32 Å². The molecule has 1 N–H and O–H groups in total. The number of piperidine rings is 1. The molecule has 1 saturated heterocycles. The lowest BCUT2D eigenvalue weighted by atomic mass is 9.89. The van der Waals surface area contributed by atoms with Gasteiger partial charge in [-0.05, 0) is 80.7 Å². The van der Waals surface area contributed by atoms with E-state index in [1.807, 2.05) is 30.3 Å². The van der Waals surface area contributed by atoms with Gasteiger partial charge in [0.25, 0.3) is 0 Å². The highest BCUT2D eigenvalue weighted by atomic mass is 19.1. The molecule has 180 valence electrons. The Morgan fingerprint density at radius 1 is 1.00 bits per heavy atom. The first-order valence-electron chi connectivity index (χ1n) is 12.4. The highest BCUT2D eigenvalue weighted by Gasteiger charge is 2.21. The number of aryl methyl sites for hydroxylation is 1. The fourth-order valence-electron chi connectivity index (χ4n) is 5.15. The van der Waals surface area contributed by atoms with Crippen LogP contribution in [0.2, 0.25) is 0 Å². The van der Waals surface area contributed by atoms with Crippen molar-refractivity contribution in [3.05, 3.63) is 84.2 Å². The van der Waals surface area contributed by atoms with Crippen LogP contribution >= 0.6 is 0 Å². The number of aromatic nitrogens is 2. The Kier molecular flexibility index (Phi) is 6.91. The second kappa shape index (κ2) is 10.4. The van der Waals surface area contributed by atoms with E-state index in [0.717, 1.165) is 73.6 Å². The van der Waals surface area contributed by atoms with E-state index in [0.29, 0.717) is 5.92 Å². The van der Waals surface area contributed by atoms with E-state index >= 15 is 0 Å². The summed E-state index contributed by atoms with van der Waals surface area (Å²) in [6.07, 6.45) is 3.19. The number of benzene rings is 3. The van der Waals surface area contributed by atoms with Gasteiger partial charge in [-0.3, -0.25) is 4.79 Å². The highest BCUT2D eigenvalue weighted by Crippen LogP contribution is 2.30. The molecule has 1 aliphatic rings. The summed E-state index contributed by atoms with van der Waals surface area (Å²) < 4.78 is 16.2. The van der Waals surface area contributed by atoms with Crippen LogP contribution in [0.15, 0.2) is 72.8 Å². The Morgan fingerprint density at radius 2 is 1.80 bits per heavy atom. The SMILES string of the molecule is CC(=O)Nc1cccc(C2CCN(CCCn3c(-c4ccccc4)nc4ccc(F)cc43)CC2)c1. The van der Waals surface area contributed by atoms with Crippen LogP contribution in [0.1, 0.15) is 37.7 Å². The number of likely N-dealkylation sites (tertiary alicyclic amines) is 1. The van der Waals surface area contributed by atoms with Crippen molar-refractivity contribution in [3.8, 4) is 11.4 Å². The number of carbonyl (C=O) groups excluding carboxylic acids is 1. The molecule has 1 aliphatic heterocycles. The summed E-state index contributed by atoms with van der Waals surface area (Å²) in [5.41, 5.74) is 4.89. The van der Waals surface area contributed by atoms with Crippen molar-refractivity contribution < 1.29 is 9.18 Å². The van der Waals surface area contributed by atoms with Gasteiger partial charge in [0.2, 0.25) is 5.91 Å². The molecule has 5 nitrogen and oxygen atoms in total. The van der Waals surface area contributed by atoms with Crippen molar-refractivity contribution in [2.24, 2.45) is 0 Å². The van der Waals surface area contributed by atoms with Gasteiger partial charge in [0.05, 0.1) is 11.0 Å². The van der Waals surface area contributed by atoms with Crippen LogP contribution in [-0.4, -0.2) is 40.0 Å². The third kappa shape index (κ3) is 5.43. The second-order valence-electron chi connectivity index (χ2n) is 9.36. The molecule has 4 aromatic rings. The van der Waals surface area contributed by atoms with Gasteiger partial charge in [0.1, 0.15) is 11.6 Å². The lowest BCUT2D eigenvalue weighted by molar-refractivity contribution is -0.114. The minimum atomic E-state index is -0.233. The third-order valence-electron chi connectivity index (χ3n) is 6.86. The lowest BCUT2D eigenvalue weighted by Crippen LogP contribution is -2.34. The van der Waals surface area contributed by atoms with Crippen LogP contribution in [0.3, 0.4) is 0 Å². The summed E-state index contributed by atoms with van der Waals surface area (Å²) in [6, 6.07) is 23.2. The van der Waals surface area contributed by atoms with Crippen molar-refractivity contribution in [2.75, 3.05) is 25.0 Å². The predicted octanol–water partition coefficient (Wildman–Crippen LogP) is 6.07. The first-order chi connectivity index (χ1) is 17.1. The fraction of sp³-hybridized carbons (Fsp3) is 0.310. The number of hydrogen-bond donors (Lipinski definition) is 1. The number of nitrogens with zero attached hydrogens (tertiary/aromatic N) is 3. The van der Waals surface area contributed by atoms with Gasteiger partial charge in [-0.1, -0.05) is 42.5 Å². The topological polar surface area (TPSA) is 50.2 Å². The Balaban J connectivity index is 1.22. The zero-order valence-corrected chi connectivity index (χ0v) is 20.1. The number of fused-ring (bicyclic) bond motifs is 1. The quantitative estimate of drug-likeness (QED) is 0.357. The van der Waals surface area contributed by atoms with E-state index in [4.69, 9.17) is 4.98 Å². The Morgan fingerprint density at radius 3 is 2.57 bits per heavy atom. The maximum Gasteiger partial charge on any atom is 0.221 e. The Hall–Kier alpha value is -3.51. The molecule has 1 aromatic heterocycles. The summed E-state index contributed by atoms with van der Waals surface area (Å²) in [5.74, 6) is 1.14. The standard InChI is InChI=1S/C29H31FN4O/c1-21(35)31-26-10-5-9-24(19-26)22-13-17-33(18-14-22)15-6-16-34-28-20-25(30)11-12-27(28)32-29(34)23-7-3-2-4-8-23/h2-5,7-12,19-20,22H,6,13-18H2,1H3,(H,31,35). The maximum absolute atomic E-state index is 14.0. The summed E-state index contributed by atoms with van der Waals surface area (Å²) in [6.45, 7) is 5.45. The average Bonchev–Trinajstić information content (AvgIpc) is 3.22. The molecule has 6 heteroatoms. The molecule has 0 bridgehead atoms. The van der Waals surface area contributed by atoms with Gasteiger partial charge in [-0.2, -0.15) is 0 Å². The zero-order valence-electron chi connectivity index (χ0n) is 20.1. The predicted molar refractivity (Wildman–Crippen MR) is 139 cm³/mol. The van der Waals surface area contributed by atoms with E-state index in [-0.39, 0.29) is 11.7 Å². The molecule has 0 radical (unpaired) electrons. The van der Waals surface area contributed by atoms with Crippen molar-refractivity contribution in [1.29, 1.82) is 0 Å². The number of imidazole rings is 1. The first-order valence-corrected chi connectivity index (χ1v) is 12.4. The van der Waals surface area contributed by atoms with Gasteiger partial charge < -0.3 is 14.8 Å². The summed E-state index contributed by atoms with van der Waals surface area (Å²) in [5, 5.41) is 2.89. The number of hydrogen-bond acceptors (Lipinski definition) is 3. The molecule has 5 rings (SSSR count). The summed E-state index contributed by atoms with van der Waals surface area (Å²) >= 11 is 0. The van der Waals surface area contributed by atoms with Crippen LogP contribution in [0.25, 0.3) is 22.4 Å². The van der Waals surface area contributed by atoms with Crippen molar-refractivity contribution >= 4 is 22.6 Å². The summed E-state index contributed by atoms with van der Waals surface area (Å²) in [7, 11) is 0. The van der Waals surface area contributed by atoms with E-state index in [1.165, 1.54) is 18.6 Å². The van der Waals surface area contributed by atoms with Gasteiger partial charge in [-0.25, -0.2) is 9.37 Å². The van der Waals surface area contributed by atoms with Crippen LogP contribution in [0, 0.1) is 5.82 Å². The molecule has 0 atom stereocenters. The highest BCUT2D eigenvalue weighted by molar-refractivity contribution is 5.88. The second-order valence-corrected chi connectivity index (χ2v) is 9.36. The van der Waals surface area contributed by atoms with E-state index in [1.54, 1.807) is 12.1 Å². The number of amides is 1. The molecule has 1 fully saturated rings. The Labute approximate surface area is 205 Å². The first kappa shape index (κ1) is 23.2. The molecule has 1 amide bonds. The van der Waals surface area contributed by atoms with Crippen LogP contribution in [0.5, 0.6) is 0 Å². The molecule has 0 aliphatic carbocycles. The van der Waals surface area contributed by atoms with Crippen molar-refractivity contribution in [3.63, 3.8) is 0 Å².